The fraction of sp³-hybridized carbons (Fsp3) is 0.467. The lowest BCUT2D eigenvalue weighted by molar-refractivity contribution is -0.149. The average Bonchev–Trinajstić information content (AvgIpc) is 2.44. The second-order valence-electron chi connectivity index (χ2n) is 6.19. The lowest BCUT2D eigenvalue weighted by atomic mass is 9.44. The largest absolute Gasteiger partial charge is 0.484 e. The molecule has 4 rings (SSSR count). The predicted octanol–water partition coefficient (Wildman–Crippen LogP) is 2.00. The zero-order chi connectivity index (χ0) is 16.7. The van der Waals surface area contributed by atoms with Crippen molar-refractivity contribution < 1.29 is 18.7 Å². The molecule has 0 aliphatic heterocycles. The van der Waals surface area contributed by atoms with E-state index in [9.17, 15) is 14.0 Å². The zero-order valence-electron chi connectivity index (χ0n) is 12.1. The van der Waals surface area contributed by atoms with Crippen molar-refractivity contribution in [2.75, 3.05) is 12.5 Å². The lowest BCUT2D eigenvalue weighted by Crippen LogP contribution is -2.84. The molecule has 0 saturated heterocycles. The molecule has 8 heteroatoms. The summed E-state index contributed by atoms with van der Waals surface area (Å²) in [7, 11) is 0. The average molecular weight is 361 g/mol. The van der Waals surface area contributed by atoms with Crippen LogP contribution in [0.25, 0.3) is 0 Å². The summed E-state index contributed by atoms with van der Waals surface area (Å²) in [5, 5.41) is 5.77. The van der Waals surface area contributed by atoms with Gasteiger partial charge in [-0.15, -0.1) is 11.6 Å². The summed E-state index contributed by atoms with van der Waals surface area (Å²) in [6, 6.07) is 4.00. The molecule has 3 aliphatic rings. The zero-order valence-corrected chi connectivity index (χ0v) is 13.6. The van der Waals surface area contributed by atoms with E-state index in [2.05, 4.69) is 10.6 Å². The monoisotopic (exact) mass is 360 g/mol. The first-order valence-corrected chi connectivity index (χ1v) is 8.03. The minimum Gasteiger partial charge on any atom is -0.484 e. The molecule has 23 heavy (non-hydrogen) atoms. The smallest absolute Gasteiger partial charge is 0.258 e. The Morgan fingerprint density at radius 1 is 1.17 bits per heavy atom. The fourth-order valence-corrected chi connectivity index (χ4v) is 3.61. The highest BCUT2D eigenvalue weighted by Gasteiger charge is 2.69. The molecule has 1 aromatic carbocycles. The molecular weight excluding hydrogens is 346 g/mol. The van der Waals surface area contributed by atoms with Gasteiger partial charge in [0, 0.05) is 17.1 Å². The Bertz CT molecular complexity index is 648. The molecule has 3 aliphatic carbocycles. The normalized spacial score (nSPS) is 27.4. The van der Waals surface area contributed by atoms with E-state index in [1.54, 1.807) is 0 Å². The number of alkyl halides is 1. The van der Waals surface area contributed by atoms with E-state index in [-0.39, 0.29) is 46.2 Å². The topological polar surface area (TPSA) is 67.4 Å². The van der Waals surface area contributed by atoms with Gasteiger partial charge in [0.05, 0.1) is 5.02 Å². The number of benzene rings is 1. The van der Waals surface area contributed by atoms with E-state index in [1.165, 1.54) is 12.1 Å². The van der Waals surface area contributed by atoms with E-state index in [1.807, 2.05) is 0 Å². The van der Waals surface area contributed by atoms with E-state index in [0.29, 0.717) is 19.3 Å². The molecule has 2 N–H and O–H groups in total. The van der Waals surface area contributed by atoms with Crippen molar-refractivity contribution in [3.63, 3.8) is 0 Å². The quantitative estimate of drug-likeness (QED) is 0.762. The summed E-state index contributed by atoms with van der Waals surface area (Å²) in [5.74, 6) is -0.893. The predicted molar refractivity (Wildman–Crippen MR) is 83.2 cm³/mol. The van der Waals surface area contributed by atoms with Gasteiger partial charge in [-0.25, -0.2) is 4.39 Å². The van der Waals surface area contributed by atoms with Crippen molar-refractivity contribution in [2.24, 2.45) is 0 Å². The van der Waals surface area contributed by atoms with Crippen molar-refractivity contribution >= 4 is 35.0 Å². The van der Waals surface area contributed by atoms with E-state index in [4.69, 9.17) is 27.9 Å². The maximum absolute atomic E-state index is 13.3. The summed E-state index contributed by atoms with van der Waals surface area (Å²) >= 11 is 11.0. The lowest BCUT2D eigenvalue weighted by Gasteiger charge is -2.70. The Kier molecular flexibility index (Phi) is 4.14. The second kappa shape index (κ2) is 5.83. The fourth-order valence-electron chi connectivity index (χ4n) is 3.43. The van der Waals surface area contributed by atoms with Crippen molar-refractivity contribution in [1.82, 2.24) is 10.6 Å². The van der Waals surface area contributed by atoms with Gasteiger partial charge in [-0.3, -0.25) is 9.59 Å². The summed E-state index contributed by atoms with van der Waals surface area (Å²) in [4.78, 5) is 23.2. The molecule has 0 atom stereocenters. The van der Waals surface area contributed by atoms with Gasteiger partial charge in [-0.05, 0) is 31.4 Å². The van der Waals surface area contributed by atoms with Gasteiger partial charge in [0.2, 0.25) is 5.91 Å². The van der Waals surface area contributed by atoms with Gasteiger partial charge >= 0.3 is 0 Å². The minimum absolute atomic E-state index is 0.0000376. The third-order valence-corrected chi connectivity index (χ3v) is 4.77. The van der Waals surface area contributed by atoms with Crippen molar-refractivity contribution in [1.29, 1.82) is 0 Å². The van der Waals surface area contributed by atoms with E-state index < -0.39 is 5.82 Å². The van der Waals surface area contributed by atoms with Crippen LogP contribution in [-0.2, 0) is 9.59 Å². The van der Waals surface area contributed by atoms with Crippen molar-refractivity contribution in [3.8, 4) is 5.75 Å². The van der Waals surface area contributed by atoms with E-state index >= 15 is 0 Å². The number of halogens is 3. The SMILES string of the molecule is O=C(CCl)NC12CC(NC(=O)COc3ccc(Cl)c(F)c3)(C1)C2. The highest BCUT2D eigenvalue weighted by atomic mass is 35.5. The van der Waals surface area contributed by atoms with Crippen LogP contribution in [0.5, 0.6) is 5.75 Å². The molecule has 0 unspecified atom stereocenters. The summed E-state index contributed by atoms with van der Waals surface area (Å²) in [5.41, 5.74) is -0.468. The number of carbonyl (C=O) groups is 2. The number of hydrogen-bond donors (Lipinski definition) is 2. The highest BCUT2D eigenvalue weighted by Crippen LogP contribution is 2.60. The number of hydrogen-bond acceptors (Lipinski definition) is 3. The molecule has 2 amide bonds. The van der Waals surface area contributed by atoms with Crippen LogP contribution in [0, 0.1) is 5.82 Å². The Labute approximate surface area is 142 Å². The molecule has 0 aromatic heterocycles. The third-order valence-electron chi connectivity index (χ3n) is 4.22. The number of nitrogens with one attached hydrogen (secondary N) is 2. The van der Waals surface area contributed by atoms with Crippen LogP contribution in [0.4, 0.5) is 4.39 Å². The molecule has 3 fully saturated rings. The van der Waals surface area contributed by atoms with Crippen LogP contribution in [0.3, 0.4) is 0 Å². The maximum Gasteiger partial charge on any atom is 0.258 e. The Morgan fingerprint density at radius 2 is 1.78 bits per heavy atom. The van der Waals surface area contributed by atoms with Gasteiger partial charge in [0.15, 0.2) is 6.61 Å². The first-order valence-electron chi connectivity index (χ1n) is 7.11. The second-order valence-corrected chi connectivity index (χ2v) is 6.86. The van der Waals surface area contributed by atoms with Crippen LogP contribution in [0.15, 0.2) is 18.2 Å². The van der Waals surface area contributed by atoms with E-state index in [0.717, 1.165) is 6.07 Å². The van der Waals surface area contributed by atoms with Gasteiger partial charge in [-0.1, -0.05) is 11.6 Å². The van der Waals surface area contributed by atoms with Crippen LogP contribution in [0.1, 0.15) is 19.3 Å². The van der Waals surface area contributed by atoms with Crippen LogP contribution in [-0.4, -0.2) is 35.4 Å². The van der Waals surface area contributed by atoms with Crippen molar-refractivity contribution in [2.45, 2.75) is 30.3 Å². The molecule has 124 valence electrons. The van der Waals surface area contributed by atoms with Crippen LogP contribution < -0.4 is 15.4 Å². The Hall–Kier alpha value is -1.53. The molecule has 0 heterocycles. The molecule has 0 radical (unpaired) electrons. The number of ether oxygens (including phenoxy) is 1. The highest BCUT2D eigenvalue weighted by molar-refractivity contribution is 6.30. The third kappa shape index (κ3) is 3.23. The minimum atomic E-state index is -0.596. The van der Waals surface area contributed by atoms with Crippen LogP contribution in [0.2, 0.25) is 5.02 Å². The summed E-state index contributed by atoms with van der Waals surface area (Å²) in [6.07, 6.45) is 2.10. The van der Waals surface area contributed by atoms with Gasteiger partial charge < -0.3 is 15.4 Å². The van der Waals surface area contributed by atoms with Crippen molar-refractivity contribution in [3.05, 3.63) is 29.0 Å². The summed E-state index contributed by atoms with van der Waals surface area (Å²) < 4.78 is 18.5. The van der Waals surface area contributed by atoms with Gasteiger partial charge in [-0.2, -0.15) is 0 Å². The standard InChI is InChI=1S/C15H15Cl2FN2O3/c16-4-12(21)19-14-6-15(7-14,8-14)20-13(22)5-23-9-1-2-10(17)11(18)3-9/h1-3H,4-8H2,(H,19,21)(H,20,22). The number of amides is 2. The first kappa shape index (κ1) is 16.3. The first-order chi connectivity index (χ1) is 10.9. The molecule has 0 spiro atoms. The Balaban J connectivity index is 1.43. The summed E-state index contributed by atoms with van der Waals surface area (Å²) in [6.45, 7) is -0.205. The molecule has 3 saturated carbocycles. The molecule has 2 bridgehead atoms. The molecule has 5 nitrogen and oxygen atoms in total. The maximum atomic E-state index is 13.3. The number of carbonyl (C=O) groups excluding carboxylic acids is 2. The molecular formula is C15H15Cl2FN2O3. The number of rotatable bonds is 6. The van der Waals surface area contributed by atoms with Gasteiger partial charge in [0.1, 0.15) is 17.4 Å². The molecule has 1 aromatic rings. The van der Waals surface area contributed by atoms with Crippen LogP contribution >= 0.6 is 23.2 Å². The van der Waals surface area contributed by atoms with Gasteiger partial charge in [0.25, 0.3) is 5.91 Å². The Morgan fingerprint density at radius 3 is 2.35 bits per heavy atom.